The molecule has 1 aliphatic rings. The molecule has 9 heteroatoms. The Kier molecular flexibility index (Phi) is 6.25. The maximum atomic E-state index is 13.2. The summed E-state index contributed by atoms with van der Waals surface area (Å²) in [5, 5.41) is 1.65. The lowest BCUT2D eigenvalue weighted by atomic mass is 10.1. The molecular formula is C18H25N3O3S3. The average molecular weight is 428 g/mol. The van der Waals surface area contributed by atoms with Crippen LogP contribution in [0.3, 0.4) is 0 Å². The Morgan fingerprint density at radius 2 is 1.74 bits per heavy atom. The second-order valence-electron chi connectivity index (χ2n) is 6.67. The molecule has 0 radical (unpaired) electrons. The summed E-state index contributed by atoms with van der Waals surface area (Å²) in [7, 11) is -0.103. The second kappa shape index (κ2) is 8.30. The van der Waals surface area contributed by atoms with Gasteiger partial charge in [0.15, 0.2) is 0 Å². The Hall–Kier alpha value is -1.42. The minimum Gasteiger partial charge on any atom is -0.370 e. The van der Waals surface area contributed by atoms with E-state index in [9.17, 15) is 12.6 Å². The van der Waals surface area contributed by atoms with Gasteiger partial charge in [0.1, 0.15) is 15.2 Å². The van der Waals surface area contributed by atoms with Gasteiger partial charge in [-0.2, -0.15) is 0 Å². The van der Waals surface area contributed by atoms with Gasteiger partial charge >= 0.3 is 0 Å². The molecule has 0 amide bonds. The predicted molar refractivity (Wildman–Crippen MR) is 113 cm³/mol. The van der Waals surface area contributed by atoms with E-state index < -0.39 is 21.0 Å². The van der Waals surface area contributed by atoms with Crippen molar-refractivity contribution in [1.29, 1.82) is 0 Å². The highest BCUT2D eigenvalue weighted by molar-refractivity contribution is 7.94. The van der Waals surface area contributed by atoms with Gasteiger partial charge in [0.05, 0.1) is 16.3 Å². The highest BCUT2D eigenvalue weighted by Gasteiger charge is 2.27. The van der Waals surface area contributed by atoms with Crippen LogP contribution < -0.4 is 9.21 Å². The average Bonchev–Trinajstić information content (AvgIpc) is 3.18. The molecule has 1 aromatic carbocycles. The summed E-state index contributed by atoms with van der Waals surface area (Å²) in [5.74, 6) is 0. The Labute approximate surface area is 168 Å². The van der Waals surface area contributed by atoms with Crippen molar-refractivity contribution >= 4 is 43.7 Å². The summed E-state index contributed by atoms with van der Waals surface area (Å²) >= 11 is 1.10. The first-order valence-corrected chi connectivity index (χ1v) is 12.3. The van der Waals surface area contributed by atoms with Crippen LogP contribution in [0.5, 0.6) is 0 Å². The van der Waals surface area contributed by atoms with Gasteiger partial charge in [-0.3, -0.25) is 4.31 Å². The summed E-state index contributed by atoms with van der Waals surface area (Å²) < 4.78 is 41.7. The highest BCUT2D eigenvalue weighted by atomic mass is 32.2. The number of thiophene rings is 1. The molecule has 3 rings (SSSR count). The smallest absolute Gasteiger partial charge is 0.273 e. The molecular weight excluding hydrogens is 402 g/mol. The molecule has 0 N–H and O–H groups in total. The Bertz CT molecular complexity index is 919. The number of piperidine rings is 1. The van der Waals surface area contributed by atoms with Crippen LogP contribution in [0, 0.1) is 0 Å². The van der Waals surface area contributed by atoms with Gasteiger partial charge < -0.3 is 4.90 Å². The zero-order chi connectivity index (χ0) is 19.6. The normalized spacial score (nSPS) is 16.5. The number of anilines is 2. The highest BCUT2D eigenvalue weighted by Crippen LogP contribution is 2.35. The number of hydrogen-bond acceptors (Lipinski definition) is 5. The number of nitrogens with zero attached hydrogens (tertiary/aromatic N) is 3. The summed E-state index contributed by atoms with van der Waals surface area (Å²) in [6, 6.07) is 9.13. The first kappa shape index (κ1) is 20.3. The van der Waals surface area contributed by atoms with Crippen LogP contribution in [0.25, 0.3) is 0 Å². The van der Waals surface area contributed by atoms with Crippen molar-refractivity contribution in [2.75, 3.05) is 43.4 Å². The molecule has 2 heterocycles. The lowest BCUT2D eigenvalue weighted by Crippen LogP contribution is -2.33. The van der Waals surface area contributed by atoms with Gasteiger partial charge in [-0.05, 0) is 51.6 Å². The molecule has 148 valence electrons. The van der Waals surface area contributed by atoms with Gasteiger partial charge in [0, 0.05) is 25.5 Å². The van der Waals surface area contributed by atoms with Crippen LogP contribution in [0.15, 0.2) is 44.8 Å². The van der Waals surface area contributed by atoms with Gasteiger partial charge in [-0.15, -0.1) is 11.3 Å². The molecule has 1 aliphatic heterocycles. The van der Waals surface area contributed by atoms with Crippen LogP contribution in [-0.4, -0.2) is 51.2 Å². The molecule has 6 nitrogen and oxygen atoms in total. The molecule has 1 aromatic heterocycles. The Morgan fingerprint density at radius 1 is 1.07 bits per heavy atom. The second-order valence-corrected chi connectivity index (χ2v) is 11.5. The zero-order valence-corrected chi connectivity index (χ0v) is 18.2. The van der Waals surface area contributed by atoms with Crippen LogP contribution in [0.1, 0.15) is 19.3 Å². The van der Waals surface area contributed by atoms with E-state index >= 15 is 0 Å². The lowest BCUT2D eigenvalue weighted by Gasteiger charge is -2.32. The zero-order valence-electron chi connectivity index (χ0n) is 15.8. The van der Waals surface area contributed by atoms with Gasteiger partial charge in [-0.25, -0.2) is 16.9 Å². The van der Waals surface area contributed by atoms with Crippen LogP contribution in [0.2, 0.25) is 0 Å². The predicted octanol–water partition coefficient (Wildman–Crippen LogP) is 3.15. The van der Waals surface area contributed by atoms with E-state index in [1.54, 1.807) is 30.8 Å². The van der Waals surface area contributed by atoms with Crippen molar-refractivity contribution in [2.45, 2.75) is 28.4 Å². The van der Waals surface area contributed by atoms with Gasteiger partial charge in [0.2, 0.25) is 0 Å². The van der Waals surface area contributed by atoms with Crippen LogP contribution in [-0.2, 0) is 21.0 Å². The summed E-state index contributed by atoms with van der Waals surface area (Å²) in [6.07, 6.45) is 3.46. The molecule has 27 heavy (non-hydrogen) atoms. The van der Waals surface area contributed by atoms with Crippen LogP contribution in [0.4, 0.5) is 11.4 Å². The topological polar surface area (TPSA) is 60.9 Å². The van der Waals surface area contributed by atoms with E-state index in [4.69, 9.17) is 0 Å². The van der Waals surface area contributed by atoms with Crippen molar-refractivity contribution < 1.29 is 12.6 Å². The van der Waals surface area contributed by atoms with E-state index in [1.165, 1.54) is 16.8 Å². The van der Waals surface area contributed by atoms with Crippen molar-refractivity contribution in [1.82, 2.24) is 4.31 Å². The minimum absolute atomic E-state index is 0.198. The standard InChI is InChI=1S/C18H25N3O3S3/c1-19(2)26(22)15-13-18(25-14-15)27(23,24)20(3)16-9-5-6-10-17(16)21-11-7-4-8-12-21/h5-6,9-10,13-14H,4,7-8,11-12H2,1-3H3. The Balaban J connectivity index is 1.93. The van der Waals surface area contributed by atoms with Crippen molar-refractivity contribution in [3.05, 3.63) is 35.7 Å². The SMILES string of the molecule is CN(C)S(=O)c1csc(S(=O)(=O)N(C)c2ccccc2N2CCCCC2)c1. The fourth-order valence-electron chi connectivity index (χ4n) is 3.14. The van der Waals surface area contributed by atoms with E-state index in [1.807, 2.05) is 24.3 Å². The fourth-order valence-corrected chi connectivity index (χ4v) is 6.82. The quantitative estimate of drug-likeness (QED) is 0.711. The number of sulfonamides is 1. The monoisotopic (exact) mass is 427 g/mol. The molecule has 0 bridgehead atoms. The number of hydrogen-bond donors (Lipinski definition) is 0. The number of benzene rings is 1. The first-order valence-electron chi connectivity index (χ1n) is 8.83. The molecule has 1 atom stereocenters. The van der Waals surface area contributed by atoms with E-state index in [-0.39, 0.29) is 4.21 Å². The Morgan fingerprint density at radius 3 is 2.41 bits per heavy atom. The number of para-hydroxylation sites is 2. The van der Waals surface area contributed by atoms with Gasteiger partial charge in [-0.1, -0.05) is 12.1 Å². The fraction of sp³-hybridized carbons (Fsp3) is 0.444. The maximum absolute atomic E-state index is 13.2. The largest absolute Gasteiger partial charge is 0.370 e. The van der Waals surface area contributed by atoms with Crippen LogP contribution >= 0.6 is 11.3 Å². The lowest BCUT2D eigenvalue weighted by molar-refractivity contribution is 0.577. The third kappa shape index (κ3) is 4.21. The third-order valence-corrected chi connectivity index (χ3v) is 9.26. The molecule has 1 fully saturated rings. The molecule has 0 spiro atoms. The minimum atomic E-state index is -3.72. The first-order chi connectivity index (χ1) is 12.8. The van der Waals surface area contributed by atoms with E-state index in [0.717, 1.165) is 43.0 Å². The molecule has 0 saturated carbocycles. The van der Waals surface area contributed by atoms with Gasteiger partial charge in [0.25, 0.3) is 10.0 Å². The maximum Gasteiger partial charge on any atom is 0.273 e. The van der Waals surface area contributed by atoms with Crippen molar-refractivity contribution in [2.24, 2.45) is 0 Å². The number of rotatable bonds is 6. The van der Waals surface area contributed by atoms with E-state index in [0.29, 0.717) is 10.6 Å². The summed E-state index contributed by atoms with van der Waals surface area (Å²) in [5.41, 5.74) is 1.61. The summed E-state index contributed by atoms with van der Waals surface area (Å²) in [6.45, 7) is 1.88. The molecule has 2 aromatic rings. The summed E-state index contributed by atoms with van der Waals surface area (Å²) in [4.78, 5) is 2.76. The molecule has 0 aliphatic carbocycles. The van der Waals surface area contributed by atoms with Crippen molar-refractivity contribution in [3.8, 4) is 0 Å². The van der Waals surface area contributed by atoms with Crippen molar-refractivity contribution in [3.63, 3.8) is 0 Å². The third-order valence-electron chi connectivity index (χ3n) is 4.62. The molecule has 1 unspecified atom stereocenters. The molecule has 1 saturated heterocycles. The van der Waals surface area contributed by atoms with E-state index in [2.05, 4.69) is 4.90 Å².